The van der Waals surface area contributed by atoms with Crippen LogP contribution in [-0.2, 0) is 12.8 Å². The van der Waals surface area contributed by atoms with Gasteiger partial charge in [0.15, 0.2) is 0 Å². The van der Waals surface area contributed by atoms with Gasteiger partial charge in [0.1, 0.15) is 0 Å². The summed E-state index contributed by atoms with van der Waals surface area (Å²) in [5.74, 6) is 0. The molecule has 1 heterocycles. The van der Waals surface area contributed by atoms with Gasteiger partial charge < -0.3 is 11.1 Å². The maximum absolute atomic E-state index is 5.54. The van der Waals surface area contributed by atoms with Crippen molar-refractivity contribution in [3.8, 4) is 0 Å². The van der Waals surface area contributed by atoms with E-state index in [0.29, 0.717) is 0 Å². The molecule has 0 aliphatic heterocycles. The fourth-order valence-corrected chi connectivity index (χ4v) is 3.07. The lowest BCUT2D eigenvalue weighted by atomic mass is 10.1. The number of hydrogen-bond acceptors (Lipinski definition) is 3. The SMILES string of the molecule is NCCCCCNc1c2c(nc3ccccc13)CCC2. The van der Waals surface area contributed by atoms with E-state index in [-0.39, 0.29) is 0 Å². The molecule has 2 aromatic rings. The van der Waals surface area contributed by atoms with Gasteiger partial charge >= 0.3 is 0 Å². The first-order chi connectivity index (χ1) is 9.90. The zero-order valence-electron chi connectivity index (χ0n) is 12.0. The molecule has 0 spiro atoms. The van der Waals surface area contributed by atoms with Crippen molar-refractivity contribution in [1.29, 1.82) is 0 Å². The molecule has 1 aliphatic carbocycles. The molecule has 0 saturated heterocycles. The van der Waals surface area contributed by atoms with Crippen LogP contribution in [0.25, 0.3) is 10.9 Å². The van der Waals surface area contributed by atoms with Crippen LogP contribution in [0.4, 0.5) is 5.69 Å². The van der Waals surface area contributed by atoms with Crippen molar-refractivity contribution in [3.05, 3.63) is 35.5 Å². The van der Waals surface area contributed by atoms with Crippen molar-refractivity contribution in [1.82, 2.24) is 4.98 Å². The summed E-state index contributed by atoms with van der Waals surface area (Å²) >= 11 is 0. The van der Waals surface area contributed by atoms with E-state index in [0.717, 1.165) is 37.9 Å². The summed E-state index contributed by atoms with van der Waals surface area (Å²) in [5.41, 5.74) is 10.7. The number of anilines is 1. The summed E-state index contributed by atoms with van der Waals surface area (Å²) in [6.45, 7) is 1.83. The Morgan fingerprint density at radius 2 is 2.00 bits per heavy atom. The van der Waals surface area contributed by atoms with Gasteiger partial charge in [0.25, 0.3) is 0 Å². The van der Waals surface area contributed by atoms with Crippen LogP contribution >= 0.6 is 0 Å². The average Bonchev–Trinajstić information content (AvgIpc) is 2.94. The lowest BCUT2D eigenvalue weighted by Crippen LogP contribution is -2.07. The smallest absolute Gasteiger partial charge is 0.0726 e. The molecule has 1 aliphatic rings. The highest BCUT2D eigenvalue weighted by Gasteiger charge is 2.18. The van der Waals surface area contributed by atoms with Gasteiger partial charge in [-0.1, -0.05) is 24.6 Å². The van der Waals surface area contributed by atoms with Crippen LogP contribution in [0, 0.1) is 0 Å². The van der Waals surface area contributed by atoms with Gasteiger partial charge in [-0.15, -0.1) is 0 Å². The van der Waals surface area contributed by atoms with Crippen LogP contribution < -0.4 is 11.1 Å². The molecule has 3 N–H and O–H groups in total. The fraction of sp³-hybridized carbons (Fsp3) is 0.471. The Labute approximate surface area is 120 Å². The first-order valence-corrected chi connectivity index (χ1v) is 7.74. The molecule has 1 aromatic heterocycles. The van der Waals surface area contributed by atoms with E-state index < -0.39 is 0 Å². The number of benzene rings is 1. The van der Waals surface area contributed by atoms with Crippen molar-refractivity contribution in [2.75, 3.05) is 18.4 Å². The first-order valence-electron chi connectivity index (χ1n) is 7.74. The monoisotopic (exact) mass is 269 g/mol. The number of pyridine rings is 1. The summed E-state index contributed by atoms with van der Waals surface area (Å²) in [5, 5.41) is 4.94. The molecule has 0 saturated carbocycles. The topological polar surface area (TPSA) is 50.9 Å². The summed E-state index contributed by atoms with van der Waals surface area (Å²) in [6, 6.07) is 8.48. The largest absolute Gasteiger partial charge is 0.384 e. The molecule has 3 heteroatoms. The molecule has 0 fully saturated rings. The lowest BCUT2D eigenvalue weighted by Gasteiger charge is -2.14. The Bertz CT molecular complexity index is 592. The number of aryl methyl sites for hydroxylation is 1. The van der Waals surface area contributed by atoms with Gasteiger partial charge in [-0.3, -0.25) is 4.98 Å². The lowest BCUT2D eigenvalue weighted by molar-refractivity contribution is 0.707. The van der Waals surface area contributed by atoms with Gasteiger partial charge in [0.05, 0.1) is 5.52 Å². The van der Waals surface area contributed by atoms with E-state index in [1.54, 1.807) is 0 Å². The van der Waals surface area contributed by atoms with Crippen LogP contribution in [0.2, 0.25) is 0 Å². The molecule has 0 amide bonds. The first kappa shape index (κ1) is 13.4. The molecule has 0 radical (unpaired) electrons. The van der Waals surface area contributed by atoms with Crippen molar-refractivity contribution in [2.24, 2.45) is 5.73 Å². The Morgan fingerprint density at radius 1 is 1.10 bits per heavy atom. The van der Waals surface area contributed by atoms with Crippen molar-refractivity contribution in [3.63, 3.8) is 0 Å². The van der Waals surface area contributed by atoms with E-state index >= 15 is 0 Å². The number of nitrogens with two attached hydrogens (primary N) is 1. The van der Waals surface area contributed by atoms with E-state index in [2.05, 4.69) is 29.6 Å². The Balaban J connectivity index is 1.84. The van der Waals surface area contributed by atoms with Crippen LogP contribution in [0.5, 0.6) is 0 Å². The zero-order chi connectivity index (χ0) is 13.8. The van der Waals surface area contributed by atoms with E-state index in [1.807, 2.05) is 0 Å². The quantitative estimate of drug-likeness (QED) is 0.791. The molecule has 3 nitrogen and oxygen atoms in total. The minimum Gasteiger partial charge on any atom is -0.384 e. The van der Waals surface area contributed by atoms with E-state index in [4.69, 9.17) is 10.7 Å². The third kappa shape index (κ3) is 2.63. The molecule has 20 heavy (non-hydrogen) atoms. The zero-order valence-corrected chi connectivity index (χ0v) is 12.0. The summed E-state index contributed by atoms with van der Waals surface area (Å²) < 4.78 is 0. The van der Waals surface area contributed by atoms with Crippen LogP contribution in [-0.4, -0.2) is 18.1 Å². The third-order valence-corrected chi connectivity index (χ3v) is 4.10. The second kappa shape index (κ2) is 6.23. The Morgan fingerprint density at radius 3 is 2.90 bits per heavy atom. The van der Waals surface area contributed by atoms with E-state index in [1.165, 1.54) is 41.6 Å². The molecule has 0 atom stereocenters. The maximum Gasteiger partial charge on any atom is 0.0726 e. The second-order valence-electron chi connectivity index (χ2n) is 5.56. The molecule has 3 rings (SSSR count). The van der Waals surface area contributed by atoms with Crippen LogP contribution in [0.3, 0.4) is 0 Å². The molecular weight excluding hydrogens is 246 g/mol. The van der Waals surface area contributed by atoms with Gasteiger partial charge in [0.2, 0.25) is 0 Å². The number of unbranched alkanes of at least 4 members (excludes halogenated alkanes) is 2. The standard InChI is InChI=1S/C17H23N3/c18-11-4-1-5-12-19-17-13-7-2-3-9-15(13)20-16-10-6-8-14(16)17/h2-3,7,9H,1,4-6,8,10-12,18H2,(H,19,20). The molecule has 1 aromatic carbocycles. The number of fused-ring (bicyclic) bond motifs is 2. The van der Waals surface area contributed by atoms with Crippen molar-refractivity contribution in [2.45, 2.75) is 38.5 Å². The number of nitrogens with one attached hydrogen (secondary N) is 1. The predicted octanol–water partition coefficient (Wildman–Crippen LogP) is 3.26. The number of hydrogen-bond donors (Lipinski definition) is 2. The highest BCUT2D eigenvalue weighted by Crippen LogP contribution is 2.33. The van der Waals surface area contributed by atoms with Gasteiger partial charge in [-0.25, -0.2) is 0 Å². The number of rotatable bonds is 6. The van der Waals surface area contributed by atoms with Gasteiger partial charge in [0, 0.05) is 23.3 Å². The molecule has 0 bridgehead atoms. The van der Waals surface area contributed by atoms with E-state index in [9.17, 15) is 0 Å². The Hall–Kier alpha value is -1.61. The molecule has 106 valence electrons. The van der Waals surface area contributed by atoms with Crippen LogP contribution in [0.1, 0.15) is 36.9 Å². The average molecular weight is 269 g/mol. The van der Waals surface area contributed by atoms with Crippen molar-refractivity contribution >= 4 is 16.6 Å². The van der Waals surface area contributed by atoms with Crippen LogP contribution in [0.15, 0.2) is 24.3 Å². The Kier molecular flexibility index (Phi) is 4.16. The number of nitrogens with zero attached hydrogens (tertiary/aromatic N) is 1. The highest BCUT2D eigenvalue weighted by atomic mass is 14.9. The summed E-state index contributed by atoms with van der Waals surface area (Å²) in [6.07, 6.45) is 7.04. The highest BCUT2D eigenvalue weighted by molar-refractivity contribution is 5.93. The van der Waals surface area contributed by atoms with Crippen molar-refractivity contribution < 1.29 is 0 Å². The number of aromatic nitrogens is 1. The minimum atomic E-state index is 0.799. The van der Waals surface area contributed by atoms with Gasteiger partial charge in [-0.2, -0.15) is 0 Å². The summed E-state index contributed by atoms with van der Waals surface area (Å²) in [4.78, 5) is 4.82. The van der Waals surface area contributed by atoms with Gasteiger partial charge in [-0.05, 0) is 50.3 Å². The summed E-state index contributed by atoms with van der Waals surface area (Å²) in [7, 11) is 0. The number of para-hydroxylation sites is 1. The minimum absolute atomic E-state index is 0.799. The normalized spacial score (nSPS) is 13.7. The third-order valence-electron chi connectivity index (χ3n) is 4.10. The second-order valence-corrected chi connectivity index (χ2v) is 5.56. The fourth-order valence-electron chi connectivity index (χ4n) is 3.07. The molecular formula is C17H23N3. The molecule has 0 unspecified atom stereocenters. The predicted molar refractivity (Wildman–Crippen MR) is 85.2 cm³/mol. The maximum atomic E-state index is 5.54.